The van der Waals surface area contributed by atoms with E-state index in [1.807, 2.05) is 23.1 Å². The molecular formula is C21H32IN5O. The third-order valence-corrected chi connectivity index (χ3v) is 5.22. The van der Waals surface area contributed by atoms with Crippen molar-refractivity contribution in [1.29, 1.82) is 5.26 Å². The van der Waals surface area contributed by atoms with Crippen LogP contribution < -0.4 is 10.6 Å². The maximum Gasteiger partial charge on any atom is 0.225 e. The second-order valence-corrected chi connectivity index (χ2v) is 7.00. The van der Waals surface area contributed by atoms with Gasteiger partial charge in [-0.3, -0.25) is 9.79 Å². The van der Waals surface area contributed by atoms with Crippen LogP contribution in [0, 0.1) is 17.2 Å². The molecule has 6 nitrogen and oxygen atoms in total. The summed E-state index contributed by atoms with van der Waals surface area (Å²) in [5.74, 6) is 1.22. The van der Waals surface area contributed by atoms with Crippen molar-refractivity contribution in [3.8, 4) is 6.07 Å². The van der Waals surface area contributed by atoms with Crippen molar-refractivity contribution in [1.82, 2.24) is 15.5 Å². The number of halogens is 1. The number of aliphatic imine (C=N–C) groups is 1. The highest BCUT2D eigenvalue weighted by Gasteiger charge is 2.26. The minimum absolute atomic E-state index is 0. The molecule has 1 amide bonds. The van der Waals surface area contributed by atoms with Crippen LogP contribution in [0.2, 0.25) is 0 Å². The van der Waals surface area contributed by atoms with Gasteiger partial charge in [0.2, 0.25) is 5.91 Å². The molecule has 154 valence electrons. The molecule has 1 heterocycles. The summed E-state index contributed by atoms with van der Waals surface area (Å²) >= 11 is 0. The van der Waals surface area contributed by atoms with Gasteiger partial charge in [-0.2, -0.15) is 5.26 Å². The van der Waals surface area contributed by atoms with Crippen LogP contribution in [0.5, 0.6) is 0 Å². The summed E-state index contributed by atoms with van der Waals surface area (Å²) < 4.78 is 0. The molecule has 0 atom stereocenters. The number of guanidine groups is 1. The van der Waals surface area contributed by atoms with Crippen LogP contribution in [-0.4, -0.2) is 42.9 Å². The molecule has 1 aliphatic heterocycles. The molecule has 28 heavy (non-hydrogen) atoms. The summed E-state index contributed by atoms with van der Waals surface area (Å²) in [7, 11) is 1.76. The van der Waals surface area contributed by atoms with Crippen LogP contribution in [0.1, 0.15) is 50.7 Å². The van der Waals surface area contributed by atoms with E-state index in [2.05, 4.69) is 35.5 Å². The van der Waals surface area contributed by atoms with Crippen molar-refractivity contribution in [2.24, 2.45) is 10.9 Å². The molecule has 0 unspecified atom stereocenters. The van der Waals surface area contributed by atoms with E-state index in [9.17, 15) is 4.79 Å². The smallest absolute Gasteiger partial charge is 0.225 e. The van der Waals surface area contributed by atoms with Crippen LogP contribution in [0.4, 0.5) is 0 Å². The van der Waals surface area contributed by atoms with Crippen LogP contribution in [-0.2, 0) is 11.3 Å². The predicted molar refractivity (Wildman–Crippen MR) is 124 cm³/mol. The van der Waals surface area contributed by atoms with Gasteiger partial charge in [0.1, 0.15) is 0 Å². The Morgan fingerprint density at radius 2 is 2.00 bits per heavy atom. The molecule has 0 saturated carbocycles. The first-order valence-corrected chi connectivity index (χ1v) is 9.86. The largest absolute Gasteiger partial charge is 0.354 e. The zero-order valence-electron chi connectivity index (χ0n) is 17.1. The Hall–Kier alpha value is -1.82. The average Bonchev–Trinajstić information content (AvgIpc) is 2.72. The first kappa shape index (κ1) is 24.2. The number of nitrogens with zero attached hydrogens (tertiary/aromatic N) is 3. The van der Waals surface area contributed by atoms with Gasteiger partial charge in [-0.25, -0.2) is 0 Å². The average molecular weight is 497 g/mol. The van der Waals surface area contributed by atoms with Gasteiger partial charge >= 0.3 is 0 Å². The Morgan fingerprint density at radius 3 is 2.57 bits per heavy atom. The fraction of sp³-hybridized carbons (Fsp3) is 0.571. The molecule has 1 aromatic carbocycles. The molecule has 2 rings (SSSR count). The summed E-state index contributed by atoms with van der Waals surface area (Å²) in [4.78, 5) is 18.8. The number of amides is 1. The van der Waals surface area contributed by atoms with Crippen molar-refractivity contribution in [3.63, 3.8) is 0 Å². The second-order valence-electron chi connectivity index (χ2n) is 7.00. The van der Waals surface area contributed by atoms with Gasteiger partial charge in [-0.1, -0.05) is 26.0 Å². The van der Waals surface area contributed by atoms with E-state index in [-0.39, 0.29) is 29.9 Å². The normalized spacial score (nSPS) is 15.0. The maximum atomic E-state index is 12.5. The van der Waals surface area contributed by atoms with Gasteiger partial charge in [-0.05, 0) is 43.4 Å². The first-order valence-electron chi connectivity index (χ1n) is 9.86. The van der Waals surface area contributed by atoms with Gasteiger partial charge in [0.05, 0.1) is 11.6 Å². The number of nitriles is 1. The standard InChI is InChI=1S/C21H31N5O.HI/c1-4-18(5-2)20(27)26-11-9-19(10-12-26)25-21(23-3)24-15-17-8-6-7-16(13-17)14-22;/h6-8,13,18-19H,4-5,9-12,15H2,1-3H3,(H2,23,24,25);1H. The number of benzene rings is 1. The highest BCUT2D eigenvalue weighted by Crippen LogP contribution is 2.17. The molecule has 1 aromatic rings. The van der Waals surface area contributed by atoms with E-state index >= 15 is 0 Å². The van der Waals surface area contributed by atoms with Crippen molar-refractivity contribution < 1.29 is 4.79 Å². The lowest BCUT2D eigenvalue weighted by atomic mass is 9.98. The van der Waals surface area contributed by atoms with E-state index in [1.54, 1.807) is 13.1 Å². The minimum Gasteiger partial charge on any atom is -0.354 e. The molecule has 0 radical (unpaired) electrons. The Kier molecular flexibility index (Phi) is 10.9. The van der Waals surface area contributed by atoms with Gasteiger partial charge in [-0.15, -0.1) is 24.0 Å². The molecule has 0 bridgehead atoms. The quantitative estimate of drug-likeness (QED) is 0.359. The van der Waals surface area contributed by atoms with Crippen molar-refractivity contribution in [3.05, 3.63) is 35.4 Å². The first-order chi connectivity index (χ1) is 13.1. The Morgan fingerprint density at radius 1 is 1.32 bits per heavy atom. The zero-order valence-corrected chi connectivity index (χ0v) is 19.4. The van der Waals surface area contributed by atoms with E-state index in [0.29, 0.717) is 24.1 Å². The van der Waals surface area contributed by atoms with E-state index in [0.717, 1.165) is 50.3 Å². The van der Waals surface area contributed by atoms with E-state index in [4.69, 9.17) is 5.26 Å². The second kappa shape index (κ2) is 12.6. The van der Waals surface area contributed by atoms with Crippen LogP contribution in [0.15, 0.2) is 29.3 Å². The molecule has 0 spiro atoms. The topological polar surface area (TPSA) is 80.5 Å². The minimum atomic E-state index is 0. The molecule has 1 fully saturated rings. The molecule has 7 heteroatoms. The predicted octanol–water partition coefficient (Wildman–Crippen LogP) is 3.27. The summed E-state index contributed by atoms with van der Waals surface area (Å²) in [6.45, 7) is 6.38. The maximum absolute atomic E-state index is 12.5. The number of likely N-dealkylation sites (tertiary alicyclic amines) is 1. The summed E-state index contributed by atoms with van der Waals surface area (Å²) in [5, 5.41) is 15.8. The number of nitrogens with one attached hydrogen (secondary N) is 2. The molecule has 0 aliphatic carbocycles. The van der Waals surface area contributed by atoms with Gasteiger partial charge in [0.15, 0.2) is 5.96 Å². The number of carbonyl (C=O) groups excluding carboxylic acids is 1. The van der Waals surface area contributed by atoms with Crippen LogP contribution in [0.25, 0.3) is 0 Å². The lowest BCUT2D eigenvalue weighted by Crippen LogP contribution is -2.50. The fourth-order valence-electron chi connectivity index (χ4n) is 3.46. The van der Waals surface area contributed by atoms with Crippen molar-refractivity contribution in [2.75, 3.05) is 20.1 Å². The Balaban J connectivity index is 0.00000392. The Bertz CT molecular complexity index is 688. The third kappa shape index (κ3) is 6.97. The third-order valence-electron chi connectivity index (χ3n) is 5.22. The number of rotatable bonds is 6. The summed E-state index contributed by atoms with van der Waals surface area (Å²) in [6, 6.07) is 10.0. The number of hydrogen-bond donors (Lipinski definition) is 2. The van der Waals surface area contributed by atoms with E-state index < -0.39 is 0 Å². The summed E-state index contributed by atoms with van der Waals surface area (Å²) in [5.41, 5.74) is 1.70. The lowest BCUT2D eigenvalue weighted by molar-refractivity contribution is -0.136. The highest BCUT2D eigenvalue weighted by atomic mass is 127. The molecular weight excluding hydrogens is 465 g/mol. The molecule has 0 aromatic heterocycles. The SMILES string of the molecule is CCC(CC)C(=O)N1CCC(NC(=NC)NCc2cccc(C#N)c2)CC1.I. The number of piperidine rings is 1. The molecule has 1 saturated heterocycles. The van der Waals surface area contributed by atoms with Gasteiger partial charge in [0.25, 0.3) is 0 Å². The van der Waals surface area contributed by atoms with Crippen LogP contribution in [0.3, 0.4) is 0 Å². The summed E-state index contributed by atoms with van der Waals surface area (Å²) in [6.07, 6.45) is 3.68. The van der Waals surface area contributed by atoms with Crippen molar-refractivity contribution >= 4 is 35.8 Å². The molecule has 1 aliphatic rings. The lowest BCUT2D eigenvalue weighted by Gasteiger charge is -2.34. The number of carbonyl (C=O) groups is 1. The molecule has 2 N–H and O–H groups in total. The highest BCUT2D eigenvalue weighted by molar-refractivity contribution is 14.0. The van der Waals surface area contributed by atoms with Crippen molar-refractivity contribution in [2.45, 2.75) is 52.1 Å². The van der Waals surface area contributed by atoms with E-state index in [1.165, 1.54) is 0 Å². The van der Waals surface area contributed by atoms with Crippen LogP contribution >= 0.6 is 24.0 Å². The van der Waals surface area contributed by atoms with Gasteiger partial charge in [0, 0.05) is 38.6 Å². The number of hydrogen-bond acceptors (Lipinski definition) is 3. The Labute approximate surface area is 185 Å². The van der Waals surface area contributed by atoms with Gasteiger partial charge < -0.3 is 15.5 Å². The zero-order chi connectivity index (χ0) is 19.6. The fourth-order valence-corrected chi connectivity index (χ4v) is 3.46. The monoisotopic (exact) mass is 497 g/mol.